The lowest BCUT2D eigenvalue weighted by atomic mass is 10.1. The fourth-order valence-electron chi connectivity index (χ4n) is 1.46. The number of nitro benzene ring substituents is 1. The minimum Gasteiger partial charge on any atom is -0.502 e. The maximum Gasteiger partial charge on any atom is 0.310 e. The summed E-state index contributed by atoms with van der Waals surface area (Å²) in [4.78, 5) is 9.89. The zero-order valence-electron chi connectivity index (χ0n) is 8.99. The van der Waals surface area contributed by atoms with Gasteiger partial charge >= 0.3 is 5.69 Å². The van der Waals surface area contributed by atoms with E-state index >= 15 is 0 Å². The van der Waals surface area contributed by atoms with Crippen LogP contribution in [0.4, 0.5) is 11.5 Å². The van der Waals surface area contributed by atoms with E-state index in [4.69, 9.17) is 5.73 Å². The molecule has 0 aliphatic carbocycles. The van der Waals surface area contributed by atoms with Crippen molar-refractivity contribution in [1.29, 1.82) is 0 Å². The van der Waals surface area contributed by atoms with Gasteiger partial charge in [0.15, 0.2) is 5.75 Å². The Morgan fingerprint density at radius 2 is 2.18 bits per heavy atom. The fourth-order valence-corrected chi connectivity index (χ4v) is 1.46. The van der Waals surface area contributed by atoms with Crippen molar-refractivity contribution >= 4 is 11.5 Å². The predicted molar refractivity (Wildman–Crippen MR) is 61.4 cm³/mol. The van der Waals surface area contributed by atoms with E-state index in [1.165, 1.54) is 22.9 Å². The summed E-state index contributed by atoms with van der Waals surface area (Å²) in [5, 5.41) is 24.1. The van der Waals surface area contributed by atoms with Gasteiger partial charge in [-0.2, -0.15) is 5.10 Å². The number of nitrogen functional groups attached to an aromatic ring is 1. The largest absolute Gasteiger partial charge is 0.502 e. The molecule has 0 unspecified atom stereocenters. The molecule has 0 amide bonds. The van der Waals surface area contributed by atoms with Crippen LogP contribution in [0.5, 0.6) is 5.75 Å². The Morgan fingerprint density at radius 1 is 1.47 bits per heavy atom. The second kappa shape index (κ2) is 3.78. The molecule has 0 fully saturated rings. The van der Waals surface area contributed by atoms with Crippen LogP contribution >= 0.6 is 0 Å². The van der Waals surface area contributed by atoms with Gasteiger partial charge in [0.05, 0.1) is 10.6 Å². The van der Waals surface area contributed by atoms with Crippen molar-refractivity contribution in [1.82, 2.24) is 9.78 Å². The van der Waals surface area contributed by atoms with Gasteiger partial charge in [-0.1, -0.05) is 0 Å². The third-order valence-electron chi connectivity index (χ3n) is 2.38. The molecule has 2 rings (SSSR count). The number of nitrogens with zero attached hydrogens (tertiary/aromatic N) is 3. The van der Waals surface area contributed by atoms with Crippen molar-refractivity contribution in [2.75, 3.05) is 5.73 Å². The fraction of sp³-hybridized carbons (Fsp3) is 0.100. The number of aromatic hydroxyl groups is 1. The van der Waals surface area contributed by atoms with Gasteiger partial charge in [0, 0.05) is 24.7 Å². The monoisotopic (exact) mass is 234 g/mol. The van der Waals surface area contributed by atoms with E-state index in [0.29, 0.717) is 17.1 Å². The van der Waals surface area contributed by atoms with Crippen LogP contribution in [0.2, 0.25) is 0 Å². The van der Waals surface area contributed by atoms with Gasteiger partial charge < -0.3 is 10.8 Å². The van der Waals surface area contributed by atoms with Crippen LogP contribution in [0.25, 0.3) is 11.3 Å². The summed E-state index contributed by atoms with van der Waals surface area (Å²) < 4.78 is 1.48. The van der Waals surface area contributed by atoms with E-state index < -0.39 is 10.7 Å². The molecule has 1 heterocycles. The lowest BCUT2D eigenvalue weighted by molar-refractivity contribution is -0.385. The molecule has 0 aliphatic heterocycles. The smallest absolute Gasteiger partial charge is 0.310 e. The van der Waals surface area contributed by atoms with E-state index in [9.17, 15) is 15.2 Å². The molecule has 3 N–H and O–H groups in total. The molecule has 2 aromatic rings. The molecule has 0 bridgehead atoms. The van der Waals surface area contributed by atoms with Crippen LogP contribution in [-0.4, -0.2) is 19.8 Å². The Bertz CT molecular complexity index is 572. The molecule has 1 aromatic heterocycles. The van der Waals surface area contributed by atoms with E-state index in [0.717, 1.165) is 0 Å². The van der Waals surface area contributed by atoms with Crippen LogP contribution in [0.1, 0.15) is 0 Å². The van der Waals surface area contributed by atoms with Gasteiger partial charge in [0.2, 0.25) is 0 Å². The zero-order chi connectivity index (χ0) is 12.6. The molecular formula is C10H10N4O3. The summed E-state index contributed by atoms with van der Waals surface area (Å²) in [6.07, 6.45) is 0. The number of phenolic OH excluding ortho intramolecular Hbond substituents is 1. The second-order valence-corrected chi connectivity index (χ2v) is 3.54. The topological polar surface area (TPSA) is 107 Å². The molecule has 1 aromatic carbocycles. The maximum atomic E-state index is 10.5. The summed E-state index contributed by atoms with van der Waals surface area (Å²) in [5.41, 5.74) is 6.41. The second-order valence-electron chi connectivity index (χ2n) is 3.54. The van der Waals surface area contributed by atoms with Crippen molar-refractivity contribution in [3.8, 4) is 17.0 Å². The van der Waals surface area contributed by atoms with Crippen molar-refractivity contribution in [2.45, 2.75) is 0 Å². The lowest BCUT2D eigenvalue weighted by Crippen LogP contribution is -1.96. The quantitative estimate of drug-likeness (QED) is 0.601. The minimum atomic E-state index is -0.647. The average molecular weight is 234 g/mol. The molecule has 0 saturated heterocycles. The Labute approximate surface area is 96.2 Å². The highest BCUT2D eigenvalue weighted by Gasteiger charge is 2.14. The Kier molecular flexibility index (Phi) is 2.43. The average Bonchev–Trinajstić information content (AvgIpc) is 2.58. The standard InChI is InChI=1S/C10H10N4O3/c1-13-10(11)5-7(12-13)6-2-3-8(14(16)17)9(15)4-6/h2-5,15H,11H2,1H3. The van der Waals surface area contributed by atoms with Gasteiger partial charge in [-0.05, 0) is 12.1 Å². The van der Waals surface area contributed by atoms with Crippen LogP contribution in [0, 0.1) is 10.1 Å². The third kappa shape index (κ3) is 1.89. The number of phenols is 1. The number of rotatable bonds is 2. The van der Waals surface area contributed by atoms with Crippen molar-refractivity contribution in [3.63, 3.8) is 0 Å². The van der Waals surface area contributed by atoms with Crippen LogP contribution in [0.3, 0.4) is 0 Å². The number of hydrogen-bond donors (Lipinski definition) is 2. The number of benzene rings is 1. The molecule has 0 aliphatic rings. The number of nitro groups is 1. The molecular weight excluding hydrogens is 224 g/mol. The van der Waals surface area contributed by atoms with Crippen LogP contribution < -0.4 is 5.73 Å². The van der Waals surface area contributed by atoms with E-state index in [-0.39, 0.29) is 5.69 Å². The summed E-state index contributed by atoms with van der Waals surface area (Å²) in [6.45, 7) is 0. The van der Waals surface area contributed by atoms with Crippen LogP contribution in [0.15, 0.2) is 24.3 Å². The van der Waals surface area contributed by atoms with Crippen LogP contribution in [-0.2, 0) is 7.05 Å². The van der Waals surface area contributed by atoms with E-state index in [1.54, 1.807) is 13.1 Å². The highest BCUT2D eigenvalue weighted by atomic mass is 16.6. The van der Waals surface area contributed by atoms with Crippen molar-refractivity contribution in [3.05, 3.63) is 34.4 Å². The van der Waals surface area contributed by atoms with E-state index in [2.05, 4.69) is 5.10 Å². The molecule has 0 spiro atoms. The van der Waals surface area contributed by atoms with Crippen molar-refractivity contribution < 1.29 is 10.0 Å². The molecule has 0 saturated carbocycles. The number of nitrogens with two attached hydrogens (primary N) is 1. The maximum absolute atomic E-state index is 10.5. The van der Waals surface area contributed by atoms with Crippen molar-refractivity contribution in [2.24, 2.45) is 7.05 Å². The summed E-state index contributed by atoms with van der Waals surface area (Å²) in [5.74, 6) is 0.0783. The summed E-state index contributed by atoms with van der Waals surface area (Å²) >= 11 is 0. The Morgan fingerprint density at radius 3 is 2.65 bits per heavy atom. The molecule has 88 valence electrons. The normalized spacial score (nSPS) is 10.4. The molecule has 0 radical (unpaired) electrons. The zero-order valence-corrected chi connectivity index (χ0v) is 8.99. The van der Waals surface area contributed by atoms with Gasteiger partial charge in [0.1, 0.15) is 5.82 Å². The van der Waals surface area contributed by atoms with Gasteiger partial charge in [-0.3, -0.25) is 14.8 Å². The first kappa shape index (κ1) is 10.9. The number of hydrogen-bond acceptors (Lipinski definition) is 5. The molecule has 17 heavy (non-hydrogen) atoms. The number of anilines is 1. The first-order chi connectivity index (χ1) is 7.99. The predicted octanol–water partition coefficient (Wildman–Crippen LogP) is 1.28. The number of aryl methyl sites for hydroxylation is 1. The lowest BCUT2D eigenvalue weighted by Gasteiger charge is -1.99. The first-order valence-electron chi connectivity index (χ1n) is 4.76. The Hall–Kier alpha value is -2.57. The molecule has 7 heteroatoms. The molecule has 7 nitrogen and oxygen atoms in total. The summed E-state index contributed by atoms with van der Waals surface area (Å²) in [6, 6.07) is 5.66. The minimum absolute atomic E-state index is 0.336. The van der Waals surface area contributed by atoms with Gasteiger partial charge in [-0.25, -0.2) is 0 Å². The SMILES string of the molecule is Cn1nc(-c2ccc([N+](=O)[O-])c(O)c2)cc1N. The molecule has 0 atom stereocenters. The number of aromatic nitrogens is 2. The Balaban J connectivity index is 2.47. The van der Waals surface area contributed by atoms with Gasteiger partial charge in [-0.15, -0.1) is 0 Å². The van der Waals surface area contributed by atoms with Gasteiger partial charge in [0.25, 0.3) is 0 Å². The highest BCUT2D eigenvalue weighted by molar-refractivity contribution is 5.67. The highest BCUT2D eigenvalue weighted by Crippen LogP contribution is 2.31. The third-order valence-corrected chi connectivity index (χ3v) is 2.38. The summed E-state index contributed by atoms with van der Waals surface area (Å²) in [7, 11) is 1.68. The van der Waals surface area contributed by atoms with E-state index in [1.807, 2.05) is 0 Å². The first-order valence-corrected chi connectivity index (χ1v) is 4.76.